The van der Waals surface area contributed by atoms with E-state index in [2.05, 4.69) is 136 Å². The highest BCUT2D eigenvalue weighted by Gasteiger charge is 2.39. The van der Waals surface area contributed by atoms with E-state index < -0.39 is 17.7 Å². The number of aryl methyl sites for hydroxylation is 3. The van der Waals surface area contributed by atoms with E-state index in [4.69, 9.17) is 14.2 Å². The largest absolute Gasteiger partial charge is 0.494 e. The van der Waals surface area contributed by atoms with Crippen molar-refractivity contribution in [3.05, 3.63) is 109 Å². The highest BCUT2D eigenvalue weighted by molar-refractivity contribution is 6.02. The van der Waals surface area contributed by atoms with Gasteiger partial charge in [-0.1, -0.05) is 45.9 Å². The van der Waals surface area contributed by atoms with Crippen molar-refractivity contribution in [1.82, 2.24) is 106 Å². The van der Waals surface area contributed by atoms with Gasteiger partial charge in [-0.25, -0.2) is 29.3 Å². The number of nitrogens with one attached hydrogen (secondary N) is 9. The van der Waals surface area contributed by atoms with Crippen LogP contribution in [0, 0.1) is 10.8 Å². The molecule has 0 aliphatic carbocycles. The van der Waals surface area contributed by atoms with Crippen molar-refractivity contribution in [2.75, 3.05) is 107 Å². The molecule has 9 N–H and O–H groups in total. The zero-order valence-corrected chi connectivity index (χ0v) is 58.9. The molecule has 534 valence electrons. The summed E-state index contributed by atoms with van der Waals surface area (Å²) in [6, 6.07) is 20.4. The predicted molar refractivity (Wildman–Crippen MR) is 378 cm³/mol. The van der Waals surface area contributed by atoms with E-state index in [0.717, 1.165) is 6.42 Å². The van der Waals surface area contributed by atoms with Crippen LogP contribution >= 0.6 is 0 Å². The first-order valence-corrected chi connectivity index (χ1v) is 32.3. The molecule has 3 saturated heterocycles. The Morgan fingerprint density at radius 3 is 1.10 bits per heavy atom. The fraction of sp³-hybridized carbons (Fsp3) is 0.364. The molecule has 3 fully saturated rings. The number of carbonyl (C=O) groups excluding carboxylic acids is 6. The molecule has 36 nitrogen and oxygen atoms in total. The van der Waals surface area contributed by atoms with Gasteiger partial charge in [-0.05, 0) is 56.7 Å². The molecular weight excluding hydrogens is 1310 g/mol. The van der Waals surface area contributed by atoms with Gasteiger partial charge in [0.25, 0.3) is 17.7 Å². The first kappa shape index (κ1) is 72.1. The maximum absolute atomic E-state index is 12.6. The maximum Gasteiger partial charge on any atom is 0.323 e. The third kappa shape index (κ3) is 16.6. The Balaban J connectivity index is 0.000000165. The smallest absolute Gasteiger partial charge is 0.323 e. The molecule has 9 amide bonds. The number of methoxy groups -OCH3 is 3. The van der Waals surface area contributed by atoms with E-state index in [1.54, 1.807) is 105 Å². The number of carbonyl (C=O) groups is 6. The van der Waals surface area contributed by atoms with Crippen LogP contribution in [0.25, 0.3) is 34.2 Å². The Morgan fingerprint density at radius 2 is 0.824 bits per heavy atom. The van der Waals surface area contributed by atoms with E-state index in [9.17, 15) is 28.8 Å². The number of rotatable bonds is 19. The molecule has 9 aromatic rings. The Kier molecular flexibility index (Phi) is 21.9. The quantitative estimate of drug-likeness (QED) is 0.0393. The number of likely N-dealkylation sites (tertiary alicyclic amines) is 3. The van der Waals surface area contributed by atoms with Gasteiger partial charge >= 0.3 is 18.1 Å². The van der Waals surface area contributed by atoms with Crippen molar-refractivity contribution in [3.8, 4) is 51.4 Å². The summed E-state index contributed by atoms with van der Waals surface area (Å²) in [6.07, 6.45) is 5.81. The van der Waals surface area contributed by atoms with Gasteiger partial charge in [0.1, 0.15) is 19.0 Å². The Morgan fingerprint density at radius 1 is 0.480 bits per heavy atom. The number of hydrogen-bond acceptors (Lipinski definition) is 24. The Hall–Kier alpha value is -12.7. The monoisotopic (exact) mass is 1400 g/mol. The number of nitrogens with zero attached hydrogens (tertiary/aromatic N) is 18. The summed E-state index contributed by atoms with van der Waals surface area (Å²) in [5, 5.41) is 62.8. The zero-order chi connectivity index (χ0) is 73.2. The molecular formula is C66H81N27O9. The molecule has 0 spiro atoms. The van der Waals surface area contributed by atoms with Gasteiger partial charge in [-0.3, -0.25) is 44.4 Å². The van der Waals surface area contributed by atoms with Crippen LogP contribution < -0.4 is 62.1 Å². The van der Waals surface area contributed by atoms with Crippen LogP contribution in [0.4, 0.5) is 66.0 Å². The summed E-state index contributed by atoms with van der Waals surface area (Å²) in [5.74, 6) is 2.33. The lowest BCUT2D eigenvalue weighted by molar-refractivity contribution is 0.0687. The van der Waals surface area contributed by atoms with Crippen LogP contribution in [0.3, 0.4) is 0 Å². The number of benzene rings is 3. The zero-order valence-electron chi connectivity index (χ0n) is 58.9. The van der Waals surface area contributed by atoms with Crippen molar-refractivity contribution in [1.29, 1.82) is 0 Å². The Labute approximate surface area is 586 Å². The number of aromatic nitrogens is 15. The minimum absolute atomic E-state index is 0.0639. The van der Waals surface area contributed by atoms with Crippen LogP contribution in [0.1, 0.15) is 79.4 Å². The molecule has 3 aliphatic heterocycles. The van der Waals surface area contributed by atoms with Gasteiger partial charge in [0.2, 0.25) is 0 Å². The molecule has 0 saturated carbocycles. The van der Waals surface area contributed by atoms with Crippen molar-refractivity contribution in [3.63, 3.8) is 0 Å². The minimum Gasteiger partial charge on any atom is -0.494 e. The van der Waals surface area contributed by atoms with Crippen LogP contribution in [0.15, 0.2) is 91.8 Å². The second kappa shape index (κ2) is 31.0. The lowest BCUT2D eigenvalue weighted by Crippen LogP contribution is -2.56. The average molecular weight is 1400 g/mol. The first-order chi connectivity index (χ1) is 48.8. The van der Waals surface area contributed by atoms with E-state index in [-0.39, 0.29) is 69.5 Å². The van der Waals surface area contributed by atoms with Crippen molar-refractivity contribution in [2.45, 2.75) is 60.5 Å². The SMILES string of the molecule is CCn1cnc(-c2cccc(Nc3cc(NC(=O)N4CC(C)(C)C4)nnc3C(=O)NC)c2OC)n1.CNC(=O)c1nnc(NC(=O)N2CC(C)(C)C2)cc1Nc1cccc(-c2ncn(C)n2)c1OC.CNC(=O)c1nnc(NC(=O)N2CCC2C)cc1Nc1cccc(-c2ncn(C)n2)c1OC. The first-order valence-electron chi connectivity index (χ1n) is 32.3. The molecule has 102 heavy (non-hydrogen) atoms. The lowest BCUT2D eigenvalue weighted by Gasteiger charge is -2.45. The molecule has 3 aliphatic rings. The number of urea groups is 3. The second-order valence-electron chi connectivity index (χ2n) is 25.3. The summed E-state index contributed by atoms with van der Waals surface area (Å²) in [6.45, 7) is 16.3. The van der Waals surface area contributed by atoms with Gasteiger partial charge in [-0.15, -0.1) is 30.6 Å². The number of amides is 9. The van der Waals surface area contributed by atoms with Gasteiger partial charge in [-0.2, -0.15) is 15.3 Å². The van der Waals surface area contributed by atoms with Gasteiger partial charge in [0, 0.05) is 110 Å². The van der Waals surface area contributed by atoms with Crippen LogP contribution in [-0.2, 0) is 20.6 Å². The van der Waals surface area contributed by atoms with Crippen LogP contribution in [0.2, 0.25) is 0 Å². The molecule has 1 unspecified atom stereocenters. The van der Waals surface area contributed by atoms with Crippen LogP contribution in [-0.4, -0.2) is 207 Å². The standard InChI is InChI=1S/C23H29N9O3.C22H27N9O3.C21H25N9O3/c1-6-32-13-25-20(30-32)14-8-7-9-15(19(14)35-5)26-16-10-17(28-29-18(16)21(33)24-4)27-22(34)31-11-23(2,3)12-31;1-22(2)10-31(11-22)21(33)26-16-9-15(17(28-27-16)20(32)23-3)25-14-8-6-7-13(18(14)34-5)19-24-12-30(4)29-19;1-12-8-9-30(12)21(32)25-16-10-15(17(27-26-16)20(31)22-2)24-14-7-5-6-13(18(14)33-4)19-23-11-29(3)28-19/h7-10,13H,6,11-12H2,1-5H3,(H,24,33)(H2,26,27,28,34);6-9,12H,10-11H2,1-5H3,(H,23,32)(H2,25,26,27,33);5-7,10-12H,8-9H2,1-4H3,(H,22,31)(H2,24,25,26,32). The number of para-hydroxylation sites is 3. The summed E-state index contributed by atoms with van der Waals surface area (Å²) < 4.78 is 21.9. The molecule has 3 aromatic carbocycles. The normalized spacial score (nSPS) is 14.4. The number of ether oxygens (including phenoxy) is 3. The molecule has 36 heteroatoms. The predicted octanol–water partition coefficient (Wildman–Crippen LogP) is 7.01. The van der Waals surface area contributed by atoms with Gasteiger partial charge < -0.3 is 60.8 Å². The molecule has 9 heterocycles. The summed E-state index contributed by atoms with van der Waals surface area (Å²) in [5.41, 5.74) is 5.16. The average Bonchev–Trinajstić information content (AvgIpc) is 1.59. The molecule has 6 aromatic heterocycles. The summed E-state index contributed by atoms with van der Waals surface area (Å²) in [4.78, 5) is 92.9. The third-order valence-electron chi connectivity index (χ3n) is 16.3. The third-order valence-corrected chi connectivity index (χ3v) is 16.3. The fourth-order valence-corrected chi connectivity index (χ4v) is 11.2. The van der Waals surface area contributed by atoms with E-state index in [1.165, 1.54) is 35.4 Å². The highest BCUT2D eigenvalue weighted by atomic mass is 16.5. The topological polar surface area (TPSA) is 418 Å². The number of hydrogen-bond donors (Lipinski definition) is 9. The highest BCUT2D eigenvalue weighted by Crippen LogP contribution is 2.41. The van der Waals surface area contributed by atoms with Crippen molar-refractivity contribution in [2.24, 2.45) is 24.9 Å². The van der Waals surface area contributed by atoms with Gasteiger partial charge in [0.15, 0.2) is 69.3 Å². The minimum atomic E-state index is -0.432. The molecule has 1 atom stereocenters. The molecule has 12 rings (SSSR count). The van der Waals surface area contributed by atoms with E-state index in [1.807, 2.05) is 50.2 Å². The summed E-state index contributed by atoms with van der Waals surface area (Å²) in [7, 11) is 12.7. The van der Waals surface area contributed by atoms with Crippen molar-refractivity contribution >= 4 is 87.4 Å². The van der Waals surface area contributed by atoms with Gasteiger partial charge in [0.05, 0.1) is 72.1 Å². The second-order valence-corrected chi connectivity index (χ2v) is 25.3. The molecule has 0 radical (unpaired) electrons. The van der Waals surface area contributed by atoms with Crippen molar-refractivity contribution < 1.29 is 43.0 Å². The lowest BCUT2D eigenvalue weighted by atomic mass is 9.85. The fourth-order valence-electron chi connectivity index (χ4n) is 11.2. The van der Waals surface area contributed by atoms with E-state index in [0.29, 0.717) is 125 Å². The summed E-state index contributed by atoms with van der Waals surface area (Å²) >= 11 is 0. The Bertz CT molecular complexity index is 4570. The van der Waals surface area contributed by atoms with E-state index >= 15 is 0 Å². The maximum atomic E-state index is 12.6. The van der Waals surface area contributed by atoms with Crippen LogP contribution in [0.5, 0.6) is 17.2 Å². The number of anilines is 9. The molecule has 0 bridgehead atoms.